The van der Waals surface area contributed by atoms with Crippen LogP contribution in [-0.2, 0) is 11.3 Å². The Hall–Kier alpha value is -3.42. The molecule has 0 spiro atoms. The Morgan fingerprint density at radius 1 is 1.11 bits per heavy atom. The van der Waals surface area contributed by atoms with Gasteiger partial charge in [0.1, 0.15) is 5.75 Å². The zero-order chi connectivity index (χ0) is 20.1. The summed E-state index contributed by atoms with van der Waals surface area (Å²) in [5.74, 6) is 0.971. The van der Waals surface area contributed by atoms with E-state index >= 15 is 0 Å². The number of aromatic nitrogens is 4. The molecule has 1 aromatic carbocycles. The minimum Gasteiger partial charge on any atom is -0.484 e. The molecule has 2 aromatic heterocycles. The number of hydrogen-bond acceptors (Lipinski definition) is 5. The Bertz CT molecular complexity index is 1040. The van der Waals surface area contributed by atoms with Gasteiger partial charge in [0.15, 0.2) is 12.4 Å². The highest BCUT2D eigenvalue weighted by molar-refractivity contribution is 5.77. The number of ether oxygens (including phenoxy) is 1. The summed E-state index contributed by atoms with van der Waals surface area (Å²) in [5, 5.41) is 11.5. The molecule has 3 aromatic rings. The molecular weight excluding hydrogens is 358 g/mol. The quantitative estimate of drug-likeness (QED) is 0.671. The number of benzene rings is 1. The van der Waals surface area contributed by atoms with Crippen molar-refractivity contribution in [2.45, 2.75) is 27.3 Å². The van der Waals surface area contributed by atoms with E-state index in [1.54, 1.807) is 10.7 Å². The molecule has 0 saturated heterocycles. The van der Waals surface area contributed by atoms with Crippen molar-refractivity contribution in [2.24, 2.45) is 0 Å². The van der Waals surface area contributed by atoms with Crippen molar-refractivity contribution < 1.29 is 9.53 Å². The maximum absolute atomic E-state index is 12.1. The summed E-state index contributed by atoms with van der Waals surface area (Å²) in [6.07, 6.45) is 0. The van der Waals surface area contributed by atoms with Crippen molar-refractivity contribution in [1.29, 1.82) is 0 Å². The zero-order valence-electron chi connectivity index (χ0n) is 16.2. The van der Waals surface area contributed by atoms with Gasteiger partial charge >= 0.3 is 0 Å². The molecule has 0 bridgehead atoms. The minimum absolute atomic E-state index is 0.0843. The largest absolute Gasteiger partial charge is 0.484 e. The number of carbonyl (C=O) groups excluding carboxylic acids is 1. The number of nitrogens with one attached hydrogen (secondary N) is 1. The number of nitrogens with zero attached hydrogens (tertiary/aromatic N) is 4. The lowest BCUT2D eigenvalue weighted by Gasteiger charge is -2.10. The van der Waals surface area contributed by atoms with Crippen molar-refractivity contribution in [3.8, 4) is 11.6 Å². The van der Waals surface area contributed by atoms with E-state index in [0.717, 1.165) is 17.0 Å². The zero-order valence-corrected chi connectivity index (χ0v) is 16.2. The van der Waals surface area contributed by atoms with Crippen molar-refractivity contribution in [3.05, 3.63) is 69.8 Å². The number of hydrogen-bond donors (Lipinski definition) is 1. The molecule has 0 aliphatic carbocycles. The third-order valence-electron chi connectivity index (χ3n) is 4.18. The van der Waals surface area contributed by atoms with E-state index < -0.39 is 0 Å². The molecule has 1 amide bonds. The van der Waals surface area contributed by atoms with Gasteiger partial charge in [0, 0.05) is 18.3 Å². The first-order valence-electron chi connectivity index (χ1n) is 9.01. The fourth-order valence-electron chi connectivity index (χ4n) is 2.79. The van der Waals surface area contributed by atoms with E-state index in [9.17, 15) is 9.59 Å². The van der Waals surface area contributed by atoms with Gasteiger partial charge in [-0.05, 0) is 44.5 Å². The van der Waals surface area contributed by atoms with Crippen molar-refractivity contribution in [3.63, 3.8) is 0 Å². The summed E-state index contributed by atoms with van der Waals surface area (Å²) in [7, 11) is 0. The van der Waals surface area contributed by atoms with Crippen molar-refractivity contribution in [2.75, 3.05) is 13.2 Å². The summed E-state index contributed by atoms with van der Waals surface area (Å²) in [5.41, 5.74) is 2.53. The van der Waals surface area contributed by atoms with Crippen molar-refractivity contribution >= 4 is 5.91 Å². The van der Waals surface area contributed by atoms with Crippen LogP contribution in [0.25, 0.3) is 5.82 Å². The molecular formula is C20H23N5O3. The van der Waals surface area contributed by atoms with E-state index in [2.05, 4.69) is 15.5 Å². The molecule has 0 aliphatic heterocycles. The average molecular weight is 381 g/mol. The number of para-hydroxylation sites is 1. The van der Waals surface area contributed by atoms with Gasteiger partial charge in [-0.15, -0.1) is 5.10 Å². The summed E-state index contributed by atoms with van der Waals surface area (Å²) in [6, 6.07) is 12.5. The highest BCUT2D eigenvalue weighted by Gasteiger charge is 2.08. The van der Waals surface area contributed by atoms with Crippen LogP contribution in [0.5, 0.6) is 5.75 Å². The Balaban J connectivity index is 1.56. The predicted molar refractivity (Wildman–Crippen MR) is 105 cm³/mol. The molecule has 0 saturated carbocycles. The SMILES string of the molecule is Cc1cc(C)n(-c2ccc(=O)n(CCNC(=O)COc3ccccc3C)n2)n1. The van der Waals surface area contributed by atoms with Crippen LogP contribution in [0.1, 0.15) is 17.0 Å². The van der Waals surface area contributed by atoms with E-state index in [-0.39, 0.29) is 31.2 Å². The van der Waals surface area contributed by atoms with Gasteiger partial charge in [-0.2, -0.15) is 5.10 Å². The Kier molecular flexibility index (Phi) is 5.88. The Morgan fingerprint density at radius 3 is 2.61 bits per heavy atom. The third kappa shape index (κ3) is 4.64. The van der Waals surface area contributed by atoms with E-state index in [0.29, 0.717) is 11.6 Å². The van der Waals surface area contributed by atoms with Crippen LogP contribution in [0.4, 0.5) is 0 Å². The monoisotopic (exact) mass is 381 g/mol. The van der Waals surface area contributed by atoms with Crippen LogP contribution in [0.15, 0.2) is 47.3 Å². The molecule has 2 heterocycles. The van der Waals surface area contributed by atoms with Crippen LogP contribution < -0.4 is 15.6 Å². The van der Waals surface area contributed by atoms with E-state index in [4.69, 9.17) is 4.74 Å². The molecule has 0 unspecified atom stereocenters. The smallest absolute Gasteiger partial charge is 0.266 e. The lowest BCUT2D eigenvalue weighted by molar-refractivity contribution is -0.123. The first-order chi connectivity index (χ1) is 13.4. The summed E-state index contributed by atoms with van der Waals surface area (Å²) in [6.45, 7) is 6.17. The van der Waals surface area contributed by atoms with Gasteiger partial charge in [0.25, 0.3) is 11.5 Å². The Labute approximate surface area is 162 Å². The second kappa shape index (κ2) is 8.51. The first-order valence-corrected chi connectivity index (χ1v) is 9.01. The molecule has 0 radical (unpaired) electrons. The molecule has 0 aliphatic rings. The Morgan fingerprint density at radius 2 is 1.89 bits per heavy atom. The van der Waals surface area contributed by atoms with Crippen molar-refractivity contribution in [1.82, 2.24) is 24.9 Å². The summed E-state index contributed by atoms with van der Waals surface area (Å²) >= 11 is 0. The number of amides is 1. The van der Waals surface area contributed by atoms with Gasteiger partial charge in [-0.3, -0.25) is 9.59 Å². The number of rotatable bonds is 7. The fourth-order valence-corrected chi connectivity index (χ4v) is 2.79. The lowest BCUT2D eigenvalue weighted by atomic mass is 10.2. The number of aryl methyl sites for hydroxylation is 3. The molecule has 28 heavy (non-hydrogen) atoms. The highest BCUT2D eigenvalue weighted by atomic mass is 16.5. The van der Waals surface area contributed by atoms with Crippen LogP contribution >= 0.6 is 0 Å². The fraction of sp³-hybridized carbons (Fsp3) is 0.300. The van der Waals surface area contributed by atoms with Gasteiger partial charge in [-0.1, -0.05) is 18.2 Å². The van der Waals surface area contributed by atoms with Crippen LogP contribution in [0.2, 0.25) is 0 Å². The highest BCUT2D eigenvalue weighted by Crippen LogP contribution is 2.15. The summed E-state index contributed by atoms with van der Waals surface area (Å²) in [4.78, 5) is 24.0. The summed E-state index contributed by atoms with van der Waals surface area (Å²) < 4.78 is 8.50. The topological polar surface area (TPSA) is 91.0 Å². The normalized spacial score (nSPS) is 10.7. The maximum Gasteiger partial charge on any atom is 0.266 e. The van der Waals surface area contributed by atoms with Crippen LogP contribution in [-0.4, -0.2) is 38.6 Å². The molecule has 8 heteroatoms. The first kappa shape index (κ1) is 19.3. The van der Waals surface area contributed by atoms with Crippen LogP contribution in [0, 0.1) is 20.8 Å². The molecule has 8 nitrogen and oxygen atoms in total. The molecule has 0 atom stereocenters. The van der Waals surface area contributed by atoms with Gasteiger partial charge < -0.3 is 10.1 Å². The van der Waals surface area contributed by atoms with Gasteiger partial charge in [0.05, 0.1) is 12.2 Å². The number of carbonyl (C=O) groups is 1. The van der Waals surface area contributed by atoms with Gasteiger partial charge in [-0.25, -0.2) is 9.36 Å². The second-order valence-electron chi connectivity index (χ2n) is 6.50. The molecule has 0 fully saturated rings. The standard InChI is InChI=1S/C20H23N5O3/c1-14-6-4-5-7-17(14)28-13-19(26)21-10-11-24-20(27)9-8-18(23-24)25-16(3)12-15(2)22-25/h4-9,12H,10-11,13H2,1-3H3,(H,21,26). The van der Waals surface area contributed by atoms with Crippen LogP contribution in [0.3, 0.4) is 0 Å². The van der Waals surface area contributed by atoms with Gasteiger partial charge in [0.2, 0.25) is 0 Å². The molecule has 146 valence electrons. The average Bonchev–Trinajstić information content (AvgIpc) is 3.01. The maximum atomic E-state index is 12.1. The third-order valence-corrected chi connectivity index (χ3v) is 4.18. The lowest BCUT2D eigenvalue weighted by Crippen LogP contribution is -2.34. The van der Waals surface area contributed by atoms with E-state index in [1.165, 1.54) is 10.7 Å². The minimum atomic E-state index is -0.258. The molecule has 1 N–H and O–H groups in total. The predicted octanol–water partition coefficient (Wildman–Crippen LogP) is 1.55. The second-order valence-corrected chi connectivity index (χ2v) is 6.50. The molecule has 3 rings (SSSR count). The van der Waals surface area contributed by atoms with E-state index in [1.807, 2.05) is 51.1 Å².